The van der Waals surface area contributed by atoms with Gasteiger partial charge >= 0.3 is 0 Å². The molecule has 2 amide bonds. The minimum atomic E-state index is -0.244. The maximum Gasteiger partial charge on any atom is 0.245 e. The van der Waals surface area contributed by atoms with Crippen LogP contribution in [0.5, 0.6) is 5.75 Å². The smallest absolute Gasteiger partial charge is 0.245 e. The van der Waals surface area contributed by atoms with Crippen molar-refractivity contribution in [3.8, 4) is 11.4 Å². The zero-order valence-electron chi connectivity index (χ0n) is 17.2. The summed E-state index contributed by atoms with van der Waals surface area (Å²) in [6.45, 7) is 6.23. The maximum atomic E-state index is 12.5. The number of hydrogen-bond acceptors (Lipinski definition) is 4. The van der Waals surface area contributed by atoms with Crippen molar-refractivity contribution < 1.29 is 14.3 Å². The Labute approximate surface area is 165 Å². The minimum Gasteiger partial charge on any atom is -0.497 e. The van der Waals surface area contributed by atoms with Crippen LogP contribution in [-0.2, 0) is 15.0 Å². The predicted octanol–water partition coefficient (Wildman–Crippen LogP) is 2.99. The van der Waals surface area contributed by atoms with Gasteiger partial charge in [0.05, 0.1) is 25.0 Å². The molecule has 7 nitrogen and oxygen atoms in total. The molecule has 0 saturated heterocycles. The summed E-state index contributed by atoms with van der Waals surface area (Å²) in [6, 6.07) is 9.35. The van der Waals surface area contributed by atoms with Crippen LogP contribution in [0.3, 0.4) is 0 Å². The third kappa shape index (κ3) is 4.52. The molecule has 1 fully saturated rings. The van der Waals surface area contributed by atoms with Gasteiger partial charge in [0, 0.05) is 24.4 Å². The number of anilines is 1. The van der Waals surface area contributed by atoms with Gasteiger partial charge in [-0.15, -0.1) is 0 Å². The molecule has 1 aliphatic rings. The van der Waals surface area contributed by atoms with E-state index in [9.17, 15) is 9.59 Å². The first-order valence-corrected chi connectivity index (χ1v) is 9.49. The molecule has 1 saturated carbocycles. The number of benzene rings is 1. The maximum absolute atomic E-state index is 12.5. The first-order valence-electron chi connectivity index (χ1n) is 9.49. The molecule has 3 rings (SSSR count). The van der Waals surface area contributed by atoms with E-state index >= 15 is 0 Å². The standard InChI is InChI=1S/C21H28N4O3/c1-21(2,3)17-12-18(22-19(26)13-24(4)20(27)14-6-7-14)25(23-17)15-8-10-16(28-5)11-9-15/h8-12,14H,6-7,13H2,1-5H3,(H,22,26). The summed E-state index contributed by atoms with van der Waals surface area (Å²) in [4.78, 5) is 26.1. The molecule has 0 bridgehead atoms. The largest absolute Gasteiger partial charge is 0.497 e. The average Bonchev–Trinajstić information content (AvgIpc) is 3.40. The number of methoxy groups -OCH3 is 1. The fourth-order valence-corrected chi connectivity index (χ4v) is 2.87. The van der Waals surface area contributed by atoms with Gasteiger partial charge in [0.25, 0.3) is 0 Å². The van der Waals surface area contributed by atoms with Gasteiger partial charge in [0.15, 0.2) is 0 Å². The number of amides is 2. The SMILES string of the molecule is COc1ccc(-n2nc(C(C)(C)C)cc2NC(=O)CN(C)C(=O)C2CC2)cc1. The molecule has 1 aromatic carbocycles. The summed E-state index contributed by atoms with van der Waals surface area (Å²) in [5, 5.41) is 7.60. The third-order valence-electron chi connectivity index (χ3n) is 4.75. The zero-order valence-corrected chi connectivity index (χ0v) is 17.2. The number of likely N-dealkylation sites (N-methyl/N-ethyl adjacent to an activating group) is 1. The van der Waals surface area contributed by atoms with E-state index in [4.69, 9.17) is 9.84 Å². The van der Waals surface area contributed by atoms with E-state index in [-0.39, 0.29) is 29.7 Å². The van der Waals surface area contributed by atoms with Crippen LogP contribution in [0.4, 0.5) is 5.82 Å². The molecule has 1 N–H and O–H groups in total. The van der Waals surface area contributed by atoms with Gasteiger partial charge in [-0.25, -0.2) is 4.68 Å². The zero-order chi connectivity index (χ0) is 20.5. The number of nitrogens with one attached hydrogen (secondary N) is 1. The van der Waals surface area contributed by atoms with Gasteiger partial charge in [0.2, 0.25) is 11.8 Å². The highest BCUT2D eigenvalue weighted by Gasteiger charge is 2.32. The van der Waals surface area contributed by atoms with Gasteiger partial charge in [0.1, 0.15) is 11.6 Å². The van der Waals surface area contributed by atoms with Crippen molar-refractivity contribution in [2.45, 2.75) is 39.0 Å². The lowest BCUT2D eigenvalue weighted by molar-refractivity contribution is -0.134. The van der Waals surface area contributed by atoms with Gasteiger partial charge in [-0.1, -0.05) is 20.8 Å². The monoisotopic (exact) mass is 384 g/mol. The highest BCUT2D eigenvalue weighted by molar-refractivity contribution is 5.94. The van der Waals surface area contributed by atoms with Crippen LogP contribution >= 0.6 is 0 Å². The molecular weight excluding hydrogens is 356 g/mol. The van der Waals surface area contributed by atoms with E-state index in [1.807, 2.05) is 30.3 Å². The van der Waals surface area contributed by atoms with E-state index in [0.29, 0.717) is 5.82 Å². The number of hydrogen-bond donors (Lipinski definition) is 1. The van der Waals surface area contributed by atoms with Crippen LogP contribution in [0, 0.1) is 5.92 Å². The van der Waals surface area contributed by atoms with Crippen LogP contribution in [0.25, 0.3) is 5.69 Å². The summed E-state index contributed by atoms with van der Waals surface area (Å²) < 4.78 is 6.92. The van der Waals surface area contributed by atoms with Crippen LogP contribution in [0.2, 0.25) is 0 Å². The van der Waals surface area contributed by atoms with Crippen molar-refractivity contribution in [2.24, 2.45) is 5.92 Å². The van der Waals surface area contributed by atoms with E-state index < -0.39 is 0 Å². The van der Waals surface area contributed by atoms with E-state index in [1.165, 1.54) is 4.90 Å². The Hall–Kier alpha value is -2.83. The molecule has 0 unspecified atom stereocenters. The highest BCUT2D eigenvalue weighted by atomic mass is 16.5. The molecule has 1 aromatic heterocycles. The Balaban J connectivity index is 1.82. The van der Waals surface area contributed by atoms with Crippen LogP contribution in [0.1, 0.15) is 39.3 Å². The number of nitrogens with zero attached hydrogens (tertiary/aromatic N) is 3. The first-order chi connectivity index (χ1) is 13.2. The van der Waals surface area contributed by atoms with Crippen molar-refractivity contribution in [1.82, 2.24) is 14.7 Å². The number of carbonyl (C=O) groups is 2. The molecule has 1 aliphatic carbocycles. The summed E-state index contributed by atoms with van der Waals surface area (Å²) >= 11 is 0. The molecule has 7 heteroatoms. The second kappa shape index (κ2) is 7.66. The minimum absolute atomic E-state index is 0.0218. The van der Waals surface area contributed by atoms with Crippen LogP contribution in [0.15, 0.2) is 30.3 Å². The van der Waals surface area contributed by atoms with Crippen molar-refractivity contribution in [3.05, 3.63) is 36.0 Å². The van der Waals surface area contributed by atoms with E-state index in [2.05, 4.69) is 26.1 Å². The average molecular weight is 384 g/mol. The molecule has 1 heterocycles. The van der Waals surface area contributed by atoms with Gasteiger partial charge in [-0.05, 0) is 37.1 Å². The quantitative estimate of drug-likeness (QED) is 0.831. The molecule has 0 spiro atoms. The lowest BCUT2D eigenvalue weighted by Gasteiger charge is -2.16. The lowest BCUT2D eigenvalue weighted by Crippen LogP contribution is -2.36. The normalized spacial score (nSPS) is 13.9. The Morgan fingerprint density at radius 2 is 1.89 bits per heavy atom. The summed E-state index contributed by atoms with van der Waals surface area (Å²) in [5.74, 6) is 1.21. The Kier molecular flexibility index (Phi) is 5.45. The van der Waals surface area contributed by atoms with Gasteiger partial charge in [-0.3, -0.25) is 9.59 Å². The Morgan fingerprint density at radius 1 is 1.25 bits per heavy atom. The fraction of sp³-hybridized carbons (Fsp3) is 0.476. The second-order valence-electron chi connectivity index (χ2n) is 8.29. The van der Waals surface area contributed by atoms with Crippen molar-refractivity contribution in [3.63, 3.8) is 0 Å². The molecule has 28 heavy (non-hydrogen) atoms. The van der Waals surface area contributed by atoms with Crippen LogP contribution < -0.4 is 10.1 Å². The topological polar surface area (TPSA) is 76.5 Å². The molecule has 0 atom stereocenters. The number of ether oxygens (including phenoxy) is 1. The van der Waals surface area contributed by atoms with E-state index in [0.717, 1.165) is 30.0 Å². The third-order valence-corrected chi connectivity index (χ3v) is 4.75. The summed E-state index contributed by atoms with van der Waals surface area (Å²) in [5.41, 5.74) is 1.51. The van der Waals surface area contributed by atoms with Crippen molar-refractivity contribution >= 4 is 17.6 Å². The molecular formula is C21H28N4O3. The first kappa shape index (κ1) is 19.9. The van der Waals surface area contributed by atoms with E-state index in [1.54, 1.807) is 18.8 Å². The fourth-order valence-electron chi connectivity index (χ4n) is 2.87. The number of rotatable bonds is 6. The Bertz CT molecular complexity index is 861. The van der Waals surface area contributed by atoms with Gasteiger partial charge < -0.3 is 15.0 Å². The molecule has 150 valence electrons. The van der Waals surface area contributed by atoms with Crippen LogP contribution in [-0.4, -0.2) is 47.2 Å². The Morgan fingerprint density at radius 3 is 2.43 bits per heavy atom. The molecule has 2 aromatic rings. The summed E-state index contributed by atoms with van der Waals surface area (Å²) in [7, 11) is 3.29. The van der Waals surface area contributed by atoms with Crippen molar-refractivity contribution in [2.75, 3.05) is 26.0 Å². The molecule has 0 aliphatic heterocycles. The predicted molar refractivity (Wildman–Crippen MR) is 108 cm³/mol. The number of aromatic nitrogens is 2. The van der Waals surface area contributed by atoms with Crippen molar-refractivity contribution in [1.29, 1.82) is 0 Å². The number of carbonyl (C=O) groups excluding carboxylic acids is 2. The van der Waals surface area contributed by atoms with Gasteiger partial charge in [-0.2, -0.15) is 5.10 Å². The second-order valence-corrected chi connectivity index (χ2v) is 8.29. The highest BCUT2D eigenvalue weighted by Crippen LogP contribution is 2.30. The summed E-state index contributed by atoms with van der Waals surface area (Å²) in [6.07, 6.45) is 1.84. The lowest BCUT2D eigenvalue weighted by atomic mass is 9.92. The molecule has 0 radical (unpaired) electrons.